The lowest BCUT2D eigenvalue weighted by Crippen LogP contribution is -2.09. The lowest BCUT2D eigenvalue weighted by Gasteiger charge is -2.22. The molecule has 0 nitrogen and oxygen atoms in total. The van der Waals surface area contributed by atoms with Gasteiger partial charge in [-0.2, -0.15) is 0 Å². The van der Waals surface area contributed by atoms with Gasteiger partial charge in [0.25, 0.3) is 0 Å². The molecule has 0 atom stereocenters. The van der Waals surface area contributed by atoms with Crippen LogP contribution in [-0.4, -0.2) is 0 Å². The fourth-order valence-electron chi connectivity index (χ4n) is 3.72. The molecule has 0 spiro atoms. The van der Waals surface area contributed by atoms with Gasteiger partial charge in [0, 0.05) is 3.57 Å². The van der Waals surface area contributed by atoms with Gasteiger partial charge in [0.1, 0.15) is 0 Å². The Morgan fingerprint density at radius 2 is 1.67 bits per heavy atom. The van der Waals surface area contributed by atoms with Gasteiger partial charge in [-0.1, -0.05) is 38.2 Å². The largest absolute Gasteiger partial charge is 0.204 e. The summed E-state index contributed by atoms with van der Waals surface area (Å²) in [6.45, 7) is 2.07. The van der Waals surface area contributed by atoms with Gasteiger partial charge in [-0.05, 0) is 105 Å². The molecule has 0 amide bonds. The van der Waals surface area contributed by atoms with Gasteiger partial charge in [0.15, 0.2) is 11.6 Å². The maximum Gasteiger partial charge on any atom is 0.172 e. The Hall–Kier alpha value is -0.240. The molecule has 24 heavy (non-hydrogen) atoms. The van der Waals surface area contributed by atoms with Gasteiger partial charge in [-0.15, -0.1) is 0 Å². The van der Waals surface area contributed by atoms with Crippen molar-refractivity contribution in [1.82, 2.24) is 0 Å². The summed E-state index contributed by atoms with van der Waals surface area (Å²) in [6.07, 6.45) is 7.88. The third kappa shape index (κ3) is 4.11. The highest BCUT2D eigenvalue weighted by Crippen LogP contribution is 2.34. The molecule has 128 valence electrons. The molecule has 1 aliphatic rings. The maximum atomic E-state index is 13.8. The first-order valence-electron chi connectivity index (χ1n) is 8.39. The summed E-state index contributed by atoms with van der Waals surface area (Å²) in [5.74, 6) is -0.747. The first-order valence-corrected chi connectivity index (χ1v) is 10.6. The van der Waals surface area contributed by atoms with Crippen LogP contribution in [0.4, 0.5) is 8.78 Å². The van der Waals surface area contributed by atoms with E-state index in [0.29, 0.717) is 3.57 Å². The van der Waals surface area contributed by atoms with Gasteiger partial charge in [0.2, 0.25) is 0 Å². The normalized spacial score (nSPS) is 15.7. The minimum Gasteiger partial charge on any atom is -0.204 e. The van der Waals surface area contributed by atoms with E-state index in [-0.39, 0.29) is 0 Å². The monoisotopic (exact) mass is 552 g/mol. The van der Waals surface area contributed by atoms with Crippen molar-refractivity contribution in [3.05, 3.63) is 54.2 Å². The predicted molar refractivity (Wildman–Crippen MR) is 112 cm³/mol. The first kappa shape index (κ1) is 18.5. The Balaban J connectivity index is 1.92. The number of benzene rings is 2. The van der Waals surface area contributed by atoms with Crippen LogP contribution < -0.4 is 0 Å². The van der Waals surface area contributed by atoms with Crippen molar-refractivity contribution in [2.24, 2.45) is 5.92 Å². The summed E-state index contributed by atoms with van der Waals surface area (Å²) in [5.41, 5.74) is 4.27. The van der Waals surface area contributed by atoms with Crippen molar-refractivity contribution in [2.75, 3.05) is 0 Å². The molecule has 1 saturated carbocycles. The van der Waals surface area contributed by atoms with Crippen LogP contribution in [0.3, 0.4) is 0 Å². The second-order valence-electron chi connectivity index (χ2n) is 6.73. The highest BCUT2D eigenvalue weighted by atomic mass is 127. The molecular weight excluding hydrogens is 532 g/mol. The van der Waals surface area contributed by atoms with Crippen LogP contribution in [0.25, 0.3) is 11.1 Å². The molecule has 1 aliphatic carbocycles. The summed E-state index contributed by atoms with van der Waals surface area (Å²) < 4.78 is 28.8. The summed E-state index contributed by atoms with van der Waals surface area (Å²) in [5, 5.41) is 0. The van der Waals surface area contributed by atoms with Crippen molar-refractivity contribution >= 4 is 45.2 Å². The molecule has 1 fully saturated rings. The molecule has 3 rings (SSSR count). The number of aryl methyl sites for hydroxylation is 1. The van der Waals surface area contributed by atoms with E-state index in [1.54, 1.807) is 6.07 Å². The first-order chi connectivity index (χ1) is 11.5. The Morgan fingerprint density at radius 3 is 2.29 bits per heavy atom. The highest BCUT2D eigenvalue weighted by Gasteiger charge is 2.17. The molecule has 0 bridgehead atoms. The van der Waals surface area contributed by atoms with Crippen LogP contribution >= 0.6 is 45.2 Å². The number of halogens is 4. The van der Waals surface area contributed by atoms with E-state index in [2.05, 4.69) is 41.6 Å². The highest BCUT2D eigenvalue weighted by molar-refractivity contribution is 14.1. The average Bonchev–Trinajstić information content (AvgIpc) is 2.53. The lowest BCUT2D eigenvalue weighted by atomic mass is 9.84. The second kappa shape index (κ2) is 7.98. The van der Waals surface area contributed by atoms with Crippen molar-refractivity contribution in [3.63, 3.8) is 0 Å². The van der Waals surface area contributed by atoms with Crippen molar-refractivity contribution in [2.45, 2.75) is 45.4 Å². The molecule has 0 unspecified atom stereocenters. The van der Waals surface area contributed by atoms with Crippen molar-refractivity contribution in [1.29, 1.82) is 0 Å². The predicted octanol–water partition coefficient (Wildman–Crippen LogP) is 7.27. The lowest BCUT2D eigenvalue weighted by molar-refractivity contribution is 0.356. The van der Waals surface area contributed by atoms with E-state index in [0.717, 1.165) is 32.6 Å². The zero-order valence-electron chi connectivity index (χ0n) is 13.6. The van der Waals surface area contributed by atoms with Gasteiger partial charge >= 0.3 is 0 Å². The van der Waals surface area contributed by atoms with Crippen LogP contribution in [0, 0.1) is 31.6 Å². The van der Waals surface area contributed by atoms with Gasteiger partial charge in [0.05, 0.1) is 3.57 Å². The fraction of sp³-hybridized carbons (Fsp3) is 0.400. The van der Waals surface area contributed by atoms with Gasteiger partial charge in [-0.25, -0.2) is 8.78 Å². The molecule has 0 saturated heterocycles. The molecule has 0 heterocycles. The summed E-state index contributed by atoms with van der Waals surface area (Å²) >= 11 is 4.17. The van der Waals surface area contributed by atoms with E-state index in [1.165, 1.54) is 43.7 Å². The number of rotatable bonds is 3. The molecule has 2 aromatic carbocycles. The van der Waals surface area contributed by atoms with E-state index < -0.39 is 11.6 Å². The maximum absolute atomic E-state index is 13.8. The minimum atomic E-state index is -0.779. The Labute approximate surface area is 169 Å². The van der Waals surface area contributed by atoms with Crippen LogP contribution in [0.5, 0.6) is 0 Å². The number of hydrogen-bond acceptors (Lipinski definition) is 0. The molecular formula is C20H20F2I2. The summed E-state index contributed by atoms with van der Waals surface area (Å²) in [4.78, 5) is 0. The average molecular weight is 552 g/mol. The molecule has 0 N–H and O–H groups in total. The molecule has 0 radical (unpaired) electrons. The molecule has 0 aliphatic heterocycles. The molecule has 4 heteroatoms. The Kier molecular flexibility index (Phi) is 6.16. The Morgan fingerprint density at radius 1 is 0.958 bits per heavy atom. The van der Waals surface area contributed by atoms with Crippen molar-refractivity contribution < 1.29 is 8.78 Å². The second-order valence-corrected chi connectivity index (χ2v) is 9.06. The third-order valence-electron chi connectivity index (χ3n) is 4.87. The topological polar surface area (TPSA) is 0 Å². The minimum absolute atomic E-state index is 0.323. The van der Waals surface area contributed by atoms with E-state index >= 15 is 0 Å². The fourth-order valence-corrected chi connectivity index (χ4v) is 5.45. The van der Waals surface area contributed by atoms with Crippen LogP contribution in [0.15, 0.2) is 24.3 Å². The van der Waals surface area contributed by atoms with Crippen LogP contribution in [-0.2, 0) is 6.42 Å². The standard InChI is InChI=1S/C20H20F2I2/c1-12-7-14(8-13-5-3-2-4-6-13)9-17(23)19(12)15-10-16(21)20(22)18(24)11-15/h7,9-11,13H,2-6,8H2,1H3. The molecule has 0 aromatic heterocycles. The Bertz CT molecular complexity index is 703. The van der Waals surface area contributed by atoms with E-state index in [1.807, 2.05) is 22.6 Å². The van der Waals surface area contributed by atoms with E-state index in [9.17, 15) is 8.78 Å². The van der Waals surface area contributed by atoms with Gasteiger partial charge in [-0.3, -0.25) is 0 Å². The van der Waals surface area contributed by atoms with Crippen LogP contribution in [0.1, 0.15) is 43.2 Å². The SMILES string of the molecule is Cc1cc(CC2CCCCC2)cc(I)c1-c1cc(F)c(F)c(I)c1. The summed E-state index contributed by atoms with van der Waals surface area (Å²) in [7, 11) is 0. The van der Waals surface area contributed by atoms with Gasteiger partial charge < -0.3 is 0 Å². The smallest absolute Gasteiger partial charge is 0.172 e. The zero-order chi connectivity index (χ0) is 17.3. The third-order valence-corrected chi connectivity index (χ3v) is 6.50. The number of hydrogen-bond donors (Lipinski definition) is 0. The van der Waals surface area contributed by atoms with Crippen molar-refractivity contribution in [3.8, 4) is 11.1 Å². The van der Waals surface area contributed by atoms with Crippen LogP contribution in [0.2, 0.25) is 0 Å². The quantitative estimate of drug-likeness (QED) is 0.278. The molecule has 2 aromatic rings. The zero-order valence-corrected chi connectivity index (χ0v) is 18.0. The van der Waals surface area contributed by atoms with E-state index in [4.69, 9.17) is 0 Å². The summed E-state index contributed by atoms with van der Waals surface area (Å²) in [6, 6.07) is 7.47.